The maximum atomic E-state index is 12.3. The summed E-state index contributed by atoms with van der Waals surface area (Å²) >= 11 is 3.45. The molecule has 1 saturated carbocycles. The maximum Gasteiger partial charge on any atom is 0.309 e. The maximum absolute atomic E-state index is 12.3. The Labute approximate surface area is 157 Å². The molecular formula is C21H22BrNO2. The molecule has 2 aliphatic rings. The van der Waals surface area contributed by atoms with Crippen molar-refractivity contribution in [2.24, 2.45) is 11.8 Å². The van der Waals surface area contributed by atoms with Gasteiger partial charge in [-0.25, -0.2) is 0 Å². The minimum atomic E-state index is -0.0221. The molecule has 0 bridgehead atoms. The van der Waals surface area contributed by atoms with E-state index in [0.29, 0.717) is 18.4 Å². The average Bonchev–Trinajstić information content (AvgIpc) is 3.31. The zero-order valence-corrected chi connectivity index (χ0v) is 15.7. The number of ether oxygens (including phenoxy) is 1. The van der Waals surface area contributed by atoms with Gasteiger partial charge in [0.2, 0.25) is 0 Å². The molecule has 2 aromatic rings. The van der Waals surface area contributed by atoms with E-state index in [-0.39, 0.29) is 11.9 Å². The summed E-state index contributed by atoms with van der Waals surface area (Å²) in [6.07, 6.45) is 2.00. The van der Waals surface area contributed by atoms with Crippen molar-refractivity contribution in [1.82, 2.24) is 0 Å². The van der Waals surface area contributed by atoms with Crippen molar-refractivity contribution >= 4 is 27.6 Å². The normalized spacial score (nSPS) is 25.0. The third-order valence-electron chi connectivity index (χ3n) is 5.26. The lowest BCUT2D eigenvalue weighted by Gasteiger charge is -2.18. The zero-order valence-electron chi connectivity index (χ0n) is 14.1. The Morgan fingerprint density at radius 2 is 1.88 bits per heavy atom. The summed E-state index contributed by atoms with van der Waals surface area (Å²) in [7, 11) is 0. The molecule has 3 unspecified atom stereocenters. The molecule has 0 amide bonds. The van der Waals surface area contributed by atoms with Crippen LogP contribution < -0.4 is 4.90 Å². The van der Waals surface area contributed by atoms with Gasteiger partial charge in [-0.2, -0.15) is 0 Å². The van der Waals surface area contributed by atoms with Crippen LogP contribution >= 0.6 is 15.9 Å². The smallest absolute Gasteiger partial charge is 0.309 e. The number of anilines is 1. The Balaban J connectivity index is 1.24. The molecule has 4 rings (SSSR count). The van der Waals surface area contributed by atoms with Gasteiger partial charge in [-0.3, -0.25) is 4.79 Å². The zero-order chi connectivity index (χ0) is 17.2. The predicted molar refractivity (Wildman–Crippen MR) is 103 cm³/mol. The highest BCUT2D eigenvalue weighted by atomic mass is 79.9. The van der Waals surface area contributed by atoms with E-state index in [1.54, 1.807) is 0 Å². The molecule has 0 aromatic heterocycles. The molecule has 1 saturated heterocycles. The molecule has 1 aliphatic carbocycles. The largest absolute Gasteiger partial charge is 0.465 e. The van der Waals surface area contributed by atoms with Crippen LogP contribution in [0.15, 0.2) is 59.1 Å². The van der Waals surface area contributed by atoms with Gasteiger partial charge in [0.1, 0.15) is 0 Å². The van der Waals surface area contributed by atoms with Gasteiger partial charge >= 0.3 is 5.97 Å². The molecular weight excluding hydrogens is 378 g/mol. The minimum Gasteiger partial charge on any atom is -0.465 e. The highest BCUT2D eigenvalue weighted by Gasteiger charge is 2.45. The topological polar surface area (TPSA) is 29.5 Å². The summed E-state index contributed by atoms with van der Waals surface area (Å²) in [6.45, 7) is 2.56. The first-order valence-corrected chi connectivity index (χ1v) is 9.72. The second-order valence-corrected chi connectivity index (χ2v) is 7.98. The van der Waals surface area contributed by atoms with Gasteiger partial charge in [0.15, 0.2) is 0 Å². The monoisotopic (exact) mass is 399 g/mol. The molecule has 2 fully saturated rings. The van der Waals surface area contributed by atoms with Crippen molar-refractivity contribution < 1.29 is 9.53 Å². The molecule has 4 heteroatoms. The lowest BCUT2D eigenvalue weighted by atomic mass is 10.1. The number of esters is 1. The van der Waals surface area contributed by atoms with E-state index in [0.717, 1.165) is 30.4 Å². The van der Waals surface area contributed by atoms with Crippen molar-refractivity contribution in [2.45, 2.75) is 18.8 Å². The van der Waals surface area contributed by atoms with Crippen molar-refractivity contribution in [1.29, 1.82) is 0 Å². The van der Waals surface area contributed by atoms with Gasteiger partial charge in [0.25, 0.3) is 0 Å². The number of benzene rings is 2. The summed E-state index contributed by atoms with van der Waals surface area (Å²) in [5.41, 5.74) is 2.50. The fourth-order valence-electron chi connectivity index (χ4n) is 3.68. The number of para-hydroxylation sites is 1. The van der Waals surface area contributed by atoms with E-state index in [4.69, 9.17) is 4.74 Å². The summed E-state index contributed by atoms with van der Waals surface area (Å²) < 4.78 is 6.70. The quantitative estimate of drug-likeness (QED) is 0.686. The van der Waals surface area contributed by atoms with E-state index in [1.807, 2.05) is 18.2 Å². The Morgan fingerprint density at radius 1 is 1.12 bits per heavy atom. The van der Waals surface area contributed by atoms with Crippen LogP contribution in [0.1, 0.15) is 24.3 Å². The second-order valence-electron chi connectivity index (χ2n) is 7.07. The summed E-state index contributed by atoms with van der Waals surface area (Å²) in [6, 6.07) is 18.7. The number of hydrogen-bond donors (Lipinski definition) is 0. The second kappa shape index (κ2) is 7.20. The Morgan fingerprint density at radius 3 is 2.64 bits per heavy atom. The third-order valence-corrected chi connectivity index (χ3v) is 5.79. The number of carbonyl (C=O) groups excluding carboxylic acids is 1. The molecule has 130 valence electrons. The highest BCUT2D eigenvalue weighted by Crippen LogP contribution is 2.48. The van der Waals surface area contributed by atoms with Crippen molar-refractivity contribution in [3.63, 3.8) is 0 Å². The fourth-order valence-corrected chi connectivity index (χ4v) is 3.95. The molecule has 0 radical (unpaired) electrons. The first-order chi connectivity index (χ1) is 12.2. The van der Waals surface area contributed by atoms with E-state index in [1.165, 1.54) is 11.3 Å². The molecule has 0 N–H and O–H groups in total. The Bertz CT molecular complexity index is 731. The molecule has 0 spiro atoms. The van der Waals surface area contributed by atoms with Crippen molar-refractivity contribution in [3.05, 3.63) is 64.6 Å². The van der Waals surface area contributed by atoms with Crippen LogP contribution in [-0.4, -0.2) is 25.7 Å². The van der Waals surface area contributed by atoms with Gasteiger partial charge in [-0.1, -0.05) is 46.3 Å². The van der Waals surface area contributed by atoms with Crippen LogP contribution in [0.2, 0.25) is 0 Å². The number of halogens is 1. The molecule has 1 aliphatic heterocycles. The molecule has 1 heterocycles. The van der Waals surface area contributed by atoms with E-state index < -0.39 is 0 Å². The molecule has 2 aromatic carbocycles. The fraction of sp³-hybridized carbons (Fsp3) is 0.381. The summed E-state index contributed by atoms with van der Waals surface area (Å²) in [5.74, 6) is 0.804. The molecule has 3 atom stereocenters. The first-order valence-electron chi connectivity index (χ1n) is 8.93. The van der Waals surface area contributed by atoms with Gasteiger partial charge in [-0.05, 0) is 48.6 Å². The van der Waals surface area contributed by atoms with Gasteiger partial charge < -0.3 is 9.64 Å². The Hall–Kier alpha value is -1.81. The summed E-state index contributed by atoms with van der Waals surface area (Å²) in [5, 5.41) is 0. The SMILES string of the molecule is O=C(OCC1CCN(c2ccccc2)C1)C1CC1c1ccc(Br)cc1. The van der Waals surface area contributed by atoms with Gasteiger partial charge in [-0.15, -0.1) is 0 Å². The van der Waals surface area contributed by atoms with E-state index in [2.05, 4.69) is 57.2 Å². The van der Waals surface area contributed by atoms with E-state index in [9.17, 15) is 4.79 Å². The van der Waals surface area contributed by atoms with Crippen LogP contribution in [0.3, 0.4) is 0 Å². The predicted octanol–water partition coefficient (Wildman–Crippen LogP) is 4.62. The number of hydrogen-bond acceptors (Lipinski definition) is 3. The average molecular weight is 400 g/mol. The summed E-state index contributed by atoms with van der Waals surface area (Å²) in [4.78, 5) is 14.7. The van der Waals surface area contributed by atoms with Crippen LogP contribution in [0.5, 0.6) is 0 Å². The minimum absolute atomic E-state index is 0.0221. The van der Waals surface area contributed by atoms with Crippen LogP contribution in [0.4, 0.5) is 5.69 Å². The van der Waals surface area contributed by atoms with Crippen molar-refractivity contribution in [3.8, 4) is 0 Å². The lowest BCUT2D eigenvalue weighted by molar-refractivity contribution is -0.146. The van der Waals surface area contributed by atoms with Crippen LogP contribution in [0.25, 0.3) is 0 Å². The standard InChI is InChI=1S/C21H22BrNO2/c22-17-8-6-16(7-9-17)19-12-20(19)21(24)25-14-15-10-11-23(13-15)18-4-2-1-3-5-18/h1-9,15,19-20H,10-14H2. The Kier molecular flexibility index (Phi) is 4.80. The number of carbonyl (C=O) groups is 1. The van der Waals surface area contributed by atoms with Gasteiger partial charge in [0, 0.05) is 29.2 Å². The van der Waals surface area contributed by atoms with Crippen LogP contribution in [0, 0.1) is 11.8 Å². The molecule has 25 heavy (non-hydrogen) atoms. The lowest BCUT2D eigenvalue weighted by Crippen LogP contribution is -2.22. The van der Waals surface area contributed by atoms with Gasteiger partial charge in [0.05, 0.1) is 12.5 Å². The first kappa shape index (κ1) is 16.6. The van der Waals surface area contributed by atoms with Crippen LogP contribution in [-0.2, 0) is 9.53 Å². The third kappa shape index (κ3) is 3.90. The van der Waals surface area contributed by atoms with E-state index >= 15 is 0 Å². The molecule has 3 nitrogen and oxygen atoms in total. The number of rotatable bonds is 5. The highest BCUT2D eigenvalue weighted by molar-refractivity contribution is 9.10. The number of nitrogens with zero attached hydrogens (tertiary/aromatic N) is 1. The van der Waals surface area contributed by atoms with Crippen molar-refractivity contribution in [2.75, 3.05) is 24.6 Å².